The van der Waals surface area contributed by atoms with E-state index in [0.29, 0.717) is 64.6 Å². The minimum atomic E-state index is -0.812. The smallest absolute Gasteiger partial charge is 0.290 e. The highest BCUT2D eigenvalue weighted by atomic mass is 16.5. The van der Waals surface area contributed by atoms with E-state index in [-0.39, 0.29) is 36.9 Å². The van der Waals surface area contributed by atoms with Gasteiger partial charge in [0, 0.05) is 25.6 Å². The first-order valence-corrected chi connectivity index (χ1v) is 10.6. The van der Waals surface area contributed by atoms with Crippen LogP contribution in [0.15, 0.2) is 0 Å². The van der Waals surface area contributed by atoms with Gasteiger partial charge in [0.2, 0.25) is 11.8 Å². The topological polar surface area (TPSA) is 162 Å². The Morgan fingerprint density at radius 2 is 1.73 bits per heavy atom. The molecule has 3 aliphatic rings. The van der Waals surface area contributed by atoms with E-state index in [1.807, 2.05) is 11.8 Å². The molecule has 1 spiro atoms. The fraction of sp³-hybridized carbons (Fsp3) is 0.850. The first kappa shape index (κ1) is 24.5. The number of piperidine rings is 1. The molecular weight excluding hydrogens is 394 g/mol. The second-order valence-corrected chi connectivity index (χ2v) is 8.83. The summed E-state index contributed by atoms with van der Waals surface area (Å²) in [6.07, 6.45) is 3.32. The number of hydrogen-bond acceptors (Lipinski definition) is 7. The molecule has 2 heterocycles. The summed E-state index contributed by atoms with van der Waals surface area (Å²) in [7, 11) is 0. The molecule has 0 aromatic rings. The van der Waals surface area contributed by atoms with Crippen molar-refractivity contribution in [2.45, 2.75) is 75.2 Å². The van der Waals surface area contributed by atoms with Crippen molar-refractivity contribution in [3.63, 3.8) is 0 Å². The molecule has 0 radical (unpaired) electrons. The molecule has 0 bridgehead atoms. The molecule has 1 aliphatic carbocycles. The molecule has 10 nitrogen and oxygen atoms in total. The lowest BCUT2D eigenvalue weighted by Gasteiger charge is -2.53. The Bertz CT molecular complexity index is 601. The summed E-state index contributed by atoms with van der Waals surface area (Å²) in [5.41, 5.74) is 3.84. The third kappa shape index (κ3) is 5.90. The Kier molecular flexibility index (Phi) is 8.60. The maximum atomic E-state index is 12.8. The number of carboxylic acid groups (broad SMARTS) is 1. The van der Waals surface area contributed by atoms with E-state index in [2.05, 4.69) is 5.32 Å². The van der Waals surface area contributed by atoms with Crippen molar-refractivity contribution >= 4 is 18.3 Å². The summed E-state index contributed by atoms with van der Waals surface area (Å²) in [5.74, 6) is -0.494. The number of hydrogen-bond donors (Lipinski definition) is 5. The number of primary amides is 1. The lowest BCUT2D eigenvalue weighted by molar-refractivity contribution is -0.208. The Balaban J connectivity index is 0.00000101. The maximum absolute atomic E-state index is 12.8. The zero-order valence-corrected chi connectivity index (χ0v) is 17.6. The molecule has 3 fully saturated rings. The molecule has 10 heteroatoms. The molecule has 0 unspecified atom stereocenters. The van der Waals surface area contributed by atoms with Gasteiger partial charge in [-0.15, -0.1) is 0 Å². The van der Waals surface area contributed by atoms with Gasteiger partial charge in [-0.05, 0) is 51.9 Å². The van der Waals surface area contributed by atoms with Crippen molar-refractivity contribution in [2.24, 2.45) is 11.7 Å². The molecule has 3 rings (SSSR count). The van der Waals surface area contributed by atoms with Crippen LogP contribution in [0.4, 0.5) is 0 Å². The zero-order valence-electron chi connectivity index (χ0n) is 17.6. The number of nitrogens with two attached hydrogens (primary N) is 1. The number of aliphatic hydroxyl groups is 2. The van der Waals surface area contributed by atoms with Crippen LogP contribution >= 0.6 is 0 Å². The first-order chi connectivity index (χ1) is 14.2. The maximum Gasteiger partial charge on any atom is 0.290 e. The van der Waals surface area contributed by atoms with Crippen LogP contribution in [0, 0.1) is 5.92 Å². The Morgan fingerprint density at radius 3 is 2.27 bits per heavy atom. The van der Waals surface area contributed by atoms with Gasteiger partial charge in [-0.3, -0.25) is 19.3 Å². The van der Waals surface area contributed by atoms with E-state index in [4.69, 9.17) is 20.4 Å². The molecule has 0 aromatic heterocycles. The van der Waals surface area contributed by atoms with E-state index >= 15 is 0 Å². The van der Waals surface area contributed by atoms with Gasteiger partial charge in [0.15, 0.2) is 0 Å². The third-order valence-electron chi connectivity index (χ3n) is 6.67. The Labute approximate surface area is 176 Å². The predicted octanol–water partition coefficient (Wildman–Crippen LogP) is -0.786. The number of likely N-dealkylation sites (tertiary alicyclic amines) is 1. The SMILES string of the molecule is C[C@@]1(NC(=O)C2CCC(O)CC2)CCOC2(CCN(CC(N)=O)CC2)[C@H]1O.O=CO. The molecular formula is C20H35N3O7. The third-order valence-corrected chi connectivity index (χ3v) is 6.67. The van der Waals surface area contributed by atoms with Crippen LogP contribution in [0.3, 0.4) is 0 Å². The zero-order chi connectivity index (χ0) is 22.4. The number of amides is 2. The normalized spacial score (nSPS) is 33.8. The van der Waals surface area contributed by atoms with Crippen molar-refractivity contribution in [1.29, 1.82) is 0 Å². The van der Waals surface area contributed by atoms with Crippen molar-refractivity contribution in [2.75, 3.05) is 26.2 Å². The standard InChI is InChI=1S/C19H33N3O5.CH2O2/c1-18(21-16(25)13-2-4-14(23)5-3-13)8-11-27-19(17(18)26)6-9-22(10-7-19)12-15(20)24;2-1-3/h13-14,17,23,26H,2-12H2,1H3,(H2,20,24)(H,21,25);1H,(H,2,3)/t13?,14?,17-,18+;/m0./s1. The molecule has 2 saturated heterocycles. The minimum Gasteiger partial charge on any atom is -0.483 e. The fourth-order valence-electron chi connectivity index (χ4n) is 4.84. The number of carbonyl (C=O) groups excluding carboxylic acids is 2. The Morgan fingerprint density at radius 1 is 1.17 bits per heavy atom. The number of nitrogens with one attached hydrogen (secondary N) is 1. The van der Waals surface area contributed by atoms with Crippen molar-refractivity contribution < 1.29 is 34.4 Å². The van der Waals surface area contributed by atoms with Crippen molar-refractivity contribution in [1.82, 2.24) is 10.2 Å². The van der Waals surface area contributed by atoms with Crippen LogP contribution in [0.2, 0.25) is 0 Å². The van der Waals surface area contributed by atoms with E-state index < -0.39 is 17.2 Å². The van der Waals surface area contributed by atoms with E-state index in [1.54, 1.807) is 0 Å². The highest BCUT2D eigenvalue weighted by Gasteiger charge is 2.54. The fourth-order valence-corrected chi connectivity index (χ4v) is 4.84. The van der Waals surface area contributed by atoms with E-state index in [9.17, 15) is 19.8 Å². The van der Waals surface area contributed by atoms with Gasteiger partial charge in [0.25, 0.3) is 6.47 Å². The van der Waals surface area contributed by atoms with Crippen LogP contribution < -0.4 is 11.1 Å². The molecule has 30 heavy (non-hydrogen) atoms. The van der Waals surface area contributed by atoms with Crippen LogP contribution in [0.5, 0.6) is 0 Å². The molecule has 172 valence electrons. The number of carbonyl (C=O) groups is 3. The van der Waals surface area contributed by atoms with Gasteiger partial charge in [-0.1, -0.05) is 0 Å². The summed E-state index contributed by atoms with van der Waals surface area (Å²) in [6, 6.07) is 0. The highest BCUT2D eigenvalue weighted by Crippen LogP contribution is 2.40. The molecule has 1 saturated carbocycles. The molecule has 2 aliphatic heterocycles. The van der Waals surface area contributed by atoms with Crippen LogP contribution in [0.25, 0.3) is 0 Å². The summed E-state index contributed by atoms with van der Waals surface area (Å²) in [6.45, 7) is 3.60. The minimum absolute atomic E-state index is 0.0355. The number of aliphatic hydroxyl groups excluding tert-OH is 2. The number of rotatable bonds is 4. The van der Waals surface area contributed by atoms with Gasteiger partial charge < -0.3 is 31.1 Å². The predicted molar refractivity (Wildman–Crippen MR) is 107 cm³/mol. The van der Waals surface area contributed by atoms with Gasteiger partial charge in [-0.25, -0.2) is 0 Å². The molecule has 0 aromatic carbocycles. The first-order valence-electron chi connectivity index (χ1n) is 10.6. The highest BCUT2D eigenvalue weighted by molar-refractivity contribution is 5.79. The van der Waals surface area contributed by atoms with Crippen LogP contribution in [-0.4, -0.2) is 88.1 Å². The molecule has 6 N–H and O–H groups in total. The number of ether oxygens (including phenoxy) is 1. The molecule has 2 amide bonds. The number of nitrogens with zero attached hydrogens (tertiary/aromatic N) is 1. The summed E-state index contributed by atoms with van der Waals surface area (Å²) < 4.78 is 6.03. The second-order valence-electron chi connectivity index (χ2n) is 8.83. The van der Waals surface area contributed by atoms with Gasteiger partial charge in [-0.2, -0.15) is 0 Å². The van der Waals surface area contributed by atoms with Crippen LogP contribution in [0.1, 0.15) is 51.9 Å². The van der Waals surface area contributed by atoms with E-state index in [0.717, 1.165) is 0 Å². The van der Waals surface area contributed by atoms with Gasteiger partial charge in [0.05, 0.1) is 23.8 Å². The summed E-state index contributed by atoms with van der Waals surface area (Å²) >= 11 is 0. The Hall–Kier alpha value is -1.75. The van der Waals surface area contributed by atoms with Crippen molar-refractivity contribution in [3.05, 3.63) is 0 Å². The largest absolute Gasteiger partial charge is 0.483 e. The summed E-state index contributed by atoms with van der Waals surface area (Å²) in [4.78, 5) is 34.2. The monoisotopic (exact) mass is 429 g/mol. The lowest BCUT2D eigenvalue weighted by Crippen LogP contribution is -2.69. The lowest BCUT2D eigenvalue weighted by atomic mass is 9.72. The quantitative estimate of drug-likeness (QED) is 0.363. The average Bonchev–Trinajstić information content (AvgIpc) is 2.69. The van der Waals surface area contributed by atoms with Crippen molar-refractivity contribution in [3.8, 4) is 0 Å². The summed E-state index contributed by atoms with van der Waals surface area (Å²) in [5, 5.41) is 30.8. The average molecular weight is 430 g/mol. The molecule has 2 atom stereocenters. The van der Waals surface area contributed by atoms with E-state index in [1.165, 1.54) is 0 Å². The van der Waals surface area contributed by atoms with Gasteiger partial charge in [0.1, 0.15) is 6.10 Å². The van der Waals surface area contributed by atoms with Crippen LogP contribution in [-0.2, 0) is 19.1 Å². The second kappa shape index (κ2) is 10.5. The van der Waals surface area contributed by atoms with Gasteiger partial charge >= 0.3 is 0 Å².